The Bertz CT molecular complexity index is 688. The van der Waals surface area contributed by atoms with Crippen molar-refractivity contribution in [2.45, 2.75) is 25.8 Å². The number of fused-ring (bicyclic) bond motifs is 1. The van der Waals surface area contributed by atoms with E-state index in [1.165, 1.54) is 10.4 Å². The summed E-state index contributed by atoms with van der Waals surface area (Å²) >= 11 is 1.79. The molecule has 1 aromatic carbocycles. The van der Waals surface area contributed by atoms with E-state index >= 15 is 0 Å². The lowest BCUT2D eigenvalue weighted by Crippen LogP contribution is -2.39. The summed E-state index contributed by atoms with van der Waals surface area (Å²) in [5.74, 6) is 1.30. The number of hydrogen-bond donors (Lipinski definition) is 0. The molecule has 1 atom stereocenters. The third kappa shape index (κ3) is 2.93. The van der Waals surface area contributed by atoms with Crippen LogP contribution in [-0.4, -0.2) is 31.6 Å². The number of rotatable bonds is 4. The van der Waals surface area contributed by atoms with Gasteiger partial charge in [0.25, 0.3) is 5.91 Å². The van der Waals surface area contributed by atoms with Crippen LogP contribution >= 0.6 is 11.3 Å². The Morgan fingerprint density at radius 2 is 1.96 bits per heavy atom. The highest BCUT2D eigenvalue weighted by molar-refractivity contribution is 7.10. The van der Waals surface area contributed by atoms with Crippen molar-refractivity contribution >= 4 is 17.2 Å². The van der Waals surface area contributed by atoms with E-state index in [1.54, 1.807) is 43.8 Å². The minimum Gasteiger partial charge on any atom is -0.497 e. The Labute approximate surface area is 140 Å². The number of ether oxygens (including phenoxy) is 2. The normalized spacial score (nSPS) is 16.8. The number of amides is 1. The van der Waals surface area contributed by atoms with Gasteiger partial charge in [0.05, 0.1) is 20.3 Å². The fourth-order valence-corrected chi connectivity index (χ4v) is 4.10. The predicted molar refractivity (Wildman–Crippen MR) is 91.6 cm³/mol. The summed E-state index contributed by atoms with van der Waals surface area (Å²) < 4.78 is 10.6. The second-order valence-corrected chi connectivity index (χ2v) is 6.57. The highest BCUT2D eigenvalue weighted by Gasteiger charge is 2.31. The smallest absolute Gasteiger partial charge is 0.254 e. The zero-order valence-electron chi connectivity index (χ0n) is 13.7. The third-order valence-corrected chi connectivity index (χ3v) is 5.34. The number of methoxy groups -OCH3 is 2. The number of thiophene rings is 1. The van der Waals surface area contributed by atoms with Gasteiger partial charge in [-0.3, -0.25) is 4.79 Å². The van der Waals surface area contributed by atoms with E-state index in [0.29, 0.717) is 17.1 Å². The maximum atomic E-state index is 13.1. The summed E-state index contributed by atoms with van der Waals surface area (Å²) in [6.07, 6.45) is 1.84. The molecule has 0 saturated carbocycles. The summed E-state index contributed by atoms with van der Waals surface area (Å²) in [4.78, 5) is 16.4. The van der Waals surface area contributed by atoms with Gasteiger partial charge in [0.2, 0.25) is 0 Å². The molecule has 0 saturated heterocycles. The van der Waals surface area contributed by atoms with Crippen molar-refractivity contribution in [3.8, 4) is 11.5 Å². The Hall–Kier alpha value is -2.01. The molecular weight excluding hydrogens is 310 g/mol. The Morgan fingerprint density at radius 1 is 1.26 bits per heavy atom. The zero-order chi connectivity index (χ0) is 16.4. The summed E-state index contributed by atoms with van der Waals surface area (Å²) in [5.41, 5.74) is 1.91. The van der Waals surface area contributed by atoms with Crippen LogP contribution in [0, 0.1) is 0 Å². The third-order valence-electron chi connectivity index (χ3n) is 4.34. The van der Waals surface area contributed by atoms with Crippen molar-refractivity contribution in [2.24, 2.45) is 0 Å². The minimum absolute atomic E-state index is 0.0332. The molecule has 0 bridgehead atoms. The molecule has 0 unspecified atom stereocenters. The topological polar surface area (TPSA) is 38.8 Å². The molecule has 2 aromatic rings. The average Bonchev–Trinajstić information content (AvgIpc) is 3.08. The Kier molecular flexibility index (Phi) is 4.57. The summed E-state index contributed by atoms with van der Waals surface area (Å²) in [5, 5.41) is 2.12. The van der Waals surface area contributed by atoms with E-state index < -0.39 is 0 Å². The summed E-state index contributed by atoms with van der Waals surface area (Å²) in [6, 6.07) is 7.64. The molecule has 4 nitrogen and oxygen atoms in total. The van der Waals surface area contributed by atoms with E-state index in [9.17, 15) is 4.79 Å². The van der Waals surface area contributed by atoms with Crippen LogP contribution in [0.25, 0.3) is 0 Å². The van der Waals surface area contributed by atoms with Gasteiger partial charge in [-0.2, -0.15) is 0 Å². The van der Waals surface area contributed by atoms with Crippen molar-refractivity contribution in [2.75, 3.05) is 20.8 Å². The maximum Gasteiger partial charge on any atom is 0.254 e. The monoisotopic (exact) mass is 331 g/mol. The quantitative estimate of drug-likeness (QED) is 0.852. The van der Waals surface area contributed by atoms with Gasteiger partial charge in [0.15, 0.2) is 0 Å². The number of benzene rings is 1. The largest absolute Gasteiger partial charge is 0.497 e. The standard InChI is InChI=1S/C18H21NO3S/c1-4-16-15-6-8-23-17(15)5-7-19(16)18(20)12-9-13(21-2)11-14(10-12)22-3/h6,8-11,16H,4-5,7H2,1-3H3/t16-/m0/s1. The molecule has 0 spiro atoms. The molecule has 122 valence electrons. The first-order valence-electron chi connectivity index (χ1n) is 7.78. The lowest BCUT2D eigenvalue weighted by Gasteiger charge is -2.35. The van der Waals surface area contributed by atoms with Crippen molar-refractivity contribution in [3.63, 3.8) is 0 Å². The number of hydrogen-bond acceptors (Lipinski definition) is 4. The van der Waals surface area contributed by atoms with Gasteiger partial charge in [-0.25, -0.2) is 0 Å². The highest BCUT2D eigenvalue weighted by Crippen LogP contribution is 2.36. The molecule has 3 rings (SSSR count). The molecule has 1 aliphatic rings. The van der Waals surface area contributed by atoms with Crippen molar-refractivity contribution in [1.82, 2.24) is 4.90 Å². The molecule has 0 aliphatic carbocycles. The predicted octanol–water partition coefficient (Wildman–Crippen LogP) is 3.91. The Balaban J connectivity index is 1.94. The van der Waals surface area contributed by atoms with E-state index in [1.807, 2.05) is 4.90 Å². The van der Waals surface area contributed by atoms with Crippen LogP contribution < -0.4 is 9.47 Å². The van der Waals surface area contributed by atoms with E-state index in [0.717, 1.165) is 19.4 Å². The van der Waals surface area contributed by atoms with Crippen LogP contribution in [0.5, 0.6) is 11.5 Å². The van der Waals surface area contributed by atoms with Crippen molar-refractivity contribution < 1.29 is 14.3 Å². The molecule has 0 N–H and O–H groups in total. The average molecular weight is 331 g/mol. The van der Waals surface area contributed by atoms with Crippen LogP contribution in [-0.2, 0) is 6.42 Å². The molecule has 0 fully saturated rings. The van der Waals surface area contributed by atoms with Crippen LogP contribution in [0.3, 0.4) is 0 Å². The number of nitrogens with zero attached hydrogens (tertiary/aromatic N) is 1. The van der Waals surface area contributed by atoms with Crippen LogP contribution in [0.2, 0.25) is 0 Å². The van der Waals surface area contributed by atoms with E-state index in [2.05, 4.69) is 18.4 Å². The zero-order valence-corrected chi connectivity index (χ0v) is 14.5. The number of carbonyl (C=O) groups is 1. The maximum absolute atomic E-state index is 13.1. The van der Waals surface area contributed by atoms with Crippen LogP contribution in [0.4, 0.5) is 0 Å². The lowest BCUT2D eigenvalue weighted by atomic mass is 9.97. The first kappa shape index (κ1) is 15.9. The van der Waals surface area contributed by atoms with Gasteiger partial charge in [-0.15, -0.1) is 11.3 Å². The molecule has 23 heavy (non-hydrogen) atoms. The van der Waals surface area contributed by atoms with E-state index in [-0.39, 0.29) is 11.9 Å². The fraction of sp³-hybridized carbons (Fsp3) is 0.389. The molecular formula is C18H21NO3S. The highest BCUT2D eigenvalue weighted by atomic mass is 32.1. The van der Waals surface area contributed by atoms with Crippen LogP contribution in [0.1, 0.15) is 40.2 Å². The molecule has 1 aromatic heterocycles. The molecule has 1 aliphatic heterocycles. The SMILES string of the molecule is CC[C@H]1c2ccsc2CCN1C(=O)c1cc(OC)cc(OC)c1. The fourth-order valence-electron chi connectivity index (χ4n) is 3.18. The van der Waals surface area contributed by atoms with Gasteiger partial charge in [-0.05, 0) is 42.0 Å². The van der Waals surface area contributed by atoms with Crippen molar-refractivity contribution in [1.29, 1.82) is 0 Å². The Morgan fingerprint density at radius 3 is 2.57 bits per heavy atom. The summed E-state index contributed by atoms with van der Waals surface area (Å²) in [6.45, 7) is 2.88. The van der Waals surface area contributed by atoms with Gasteiger partial charge in [0, 0.05) is 23.1 Å². The second-order valence-electron chi connectivity index (χ2n) is 5.57. The van der Waals surface area contributed by atoms with Gasteiger partial charge >= 0.3 is 0 Å². The van der Waals surface area contributed by atoms with Crippen molar-refractivity contribution in [3.05, 3.63) is 45.6 Å². The molecule has 5 heteroatoms. The molecule has 2 heterocycles. The van der Waals surface area contributed by atoms with Gasteiger partial charge in [-0.1, -0.05) is 6.92 Å². The first-order chi connectivity index (χ1) is 11.2. The summed E-state index contributed by atoms with van der Waals surface area (Å²) in [7, 11) is 3.19. The van der Waals surface area contributed by atoms with E-state index in [4.69, 9.17) is 9.47 Å². The molecule has 1 amide bonds. The minimum atomic E-state index is 0.0332. The van der Waals surface area contributed by atoms with Crippen LogP contribution in [0.15, 0.2) is 29.6 Å². The number of carbonyl (C=O) groups excluding carboxylic acids is 1. The second kappa shape index (κ2) is 6.62. The van der Waals surface area contributed by atoms with Gasteiger partial charge in [0.1, 0.15) is 11.5 Å². The van der Waals surface area contributed by atoms with Gasteiger partial charge < -0.3 is 14.4 Å². The molecule has 0 radical (unpaired) electrons. The lowest BCUT2D eigenvalue weighted by molar-refractivity contribution is 0.0656. The first-order valence-corrected chi connectivity index (χ1v) is 8.66.